The monoisotopic (exact) mass is 347 g/mol. The van der Waals surface area contributed by atoms with Crippen LogP contribution in [0.5, 0.6) is 0 Å². The SMILES string of the molecule is C=CC(=O)N[C@H]1CCCN(c2cnc3[nH]cc(-c4cccnc4)c3c2)C1. The van der Waals surface area contributed by atoms with Gasteiger partial charge in [-0.25, -0.2) is 4.98 Å². The molecule has 0 saturated carbocycles. The molecule has 26 heavy (non-hydrogen) atoms. The van der Waals surface area contributed by atoms with E-state index in [-0.39, 0.29) is 11.9 Å². The first-order valence-electron chi connectivity index (χ1n) is 8.80. The number of pyridine rings is 2. The number of nitrogens with zero attached hydrogens (tertiary/aromatic N) is 3. The summed E-state index contributed by atoms with van der Waals surface area (Å²) in [4.78, 5) is 25.9. The molecule has 132 valence electrons. The van der Waals surface area contributed by atoms with E-state index in [1.807, 2.05) is 30.7 Å². The number of H-pyrrole nitrogens is 1. The minimum Gasteiger partial charge on any atom is -0.368 e. The average molecular weight is 347 g/mol. The molecule has 1 saturated heterocycles. The number of hydrogen-bond acceptors (Lipinski definition) is 4. The number of aromatic amines is 1. The van der Waals surface area contributed by atoms with Crippen LogP contribution in [0.4, 0.5) is 5.69 Å². The lowest BCUT2D eigenvalue weighted by Gasteiger charge is -2.34. The van der Waals surface area contributed by atoms with Gasteiger partial charge in [-0.1, -0.05) is 12.6 Å². The summed E-state index contributed by atoms with van der Waals surface area (Å²) in [6.45, 7) is 5.26. The van der Waals surface area contributed by atoms with E-state index in [9.17, 15) is 4.79 Å². The molecule has 6 heteroatoms. The molecule has 0 aromatic carbocycles. The number of anilines is 1. The first-order valence-corrected chi connectivity index (χ1v) is 8.80. The van der Waals surface area contributed by atoms with Crippen molar-refractivity contribution >= 4 is 22.6 Å². The van der Waals surface area contributed by atoms with Gasteiger partial charge in [0.15, 0.2) is 0 Å². The third kappa shape index (κ3) is 3.18. The quantitative estimate of drug-likeness (QED) is 0.712. The number of rotatable bonds is 4. The lowest BCUT2D eigenvalue weighted by Crippen LogP contribution is -2.47. The van der Waals surface area contributed by atoms with Crippen molar-refractivity contribution in [2.45, 2.75) is 18.9 Å². The molecule has 1 atom stereocenters. The molecule has 1 amide bonds. The predicted octanol–water partition coefficient (Wildman–Crippen LogP) is 2.90. The summed E-state index contributed by atoms with van der Waals surface area (Å²) >= 11 is 0. The van der Waals surface area contributed by atoms with Crippen LogP contribution in [0.15, 0.2) is 55.6 Å². The Hall–Kier alpha value is -3.15. The second-order valence-electron chi connectivity index (χ2n) is 6.53. The minimum atomic E-state index is -0.116. The Morgan fingerprint density at radius 1 is 1.42 bits per heavy atom. The van der Waals surface area contributed by atoms with Gasteiger partial charge in [-0.15, -0.1) is 0 Å². The summed E-state index contributed by atoms with van der Waals surface area (Å²) in [5.41, 5.74) is 4.09. The Morgan fingerprint density at radius 3 is 3.15 bits per heavy atom. The highest BCUT2D eigenvalue weighted by atomic mass is 16.1. The first kappa shape index (κ1) is 16.3. The fraction of sp³-hybridized carbons (Fsp3) is 0.250. The van der Waals surface area contributed by atoms with Crippen molar-refractivity contribution in [2.75, 3.05) is 18.0 Å². The smallest absolute Gasteiger partial charge is 0.243 e. The van der Waals surface area contributed by atoms with Crippen molar-refractivity contribution in [1.82, 2.24) is 20.3 Å². The number of piperidine rings is 1. The molecule has 1 aliphatic heterocycles. The molecule has 6 nitrogen and oxygen atoms in total. The molecule has 4 rings (SSSR count). The largest absolute Gasteiger partial charge is 0.368 e. The number of hydrogen-bond donors (Lipinski definition) is 2. The molecule has 0 radical (unpaired) electrons. The molecule has 0 unspecified atom stereocenters. The van der Waals surface area contributed by atoms with Gasteiger partial charge in [0, 0.05) is 54.2 Å². The van der Waals surface area contributed by atoms with Crippen LogP contribution in [0.1, 0.15) is 12.8 Å². The lowest BCUT2D eigenvalue weighted by atomic mass is 10.0. The van der Waals surface area contributed by atoms with Crippen LogP contribution >= 0.6 is 0 Å². The molecule has 0 aliphatic carbocycles. The Bertz CT molecular complexity index is 934. The molecule has 1 aliphatic rings. The van der Waals surface area contributed by atoms with Crippen LogP contribution in [0.3, 0.4) is 0 Å². The number of fused-ring (bicyclic) bond motifs is 1. The van der Waals surface area contributed by atoms with Crippen molar-refractivity contribution in [1.29, 1.82) is 0 Å². The first-order chi connectivity index (χ1) is 12.7. The third-order valence-electron chi connectivity index (χ3n) is 4.81. The topological polar surface area (TPSA) is 73.9 Å². The number of carbonyl (C=O) groups excluding carboxylic acids is 1. The van der Waals surface area contributed by atoms with Crippen molar-refractivity contribution < 1.29 is 4.79 Å². The zero-order chi connectivity index (χ0) is 17.9. The summed E-state index contributed by atoms with van der Waals surface area (Å²) in [6, 6.07) is 6.28. The molecule has 3 aromatic heterocycles. The number of aromatic nitrogens is 3. The van der Waals surface area contributed by atoms with Gasteiger partial charge < -0.3 is 15.2 Å². The maximum absolute atomic E-state index is 11.6. The Kier molecular flexibility index (Phi) is 4.39. The van der Waals surface area contributed by atoms with Crippen LogP contribution in [0.25, 0.3) is 22.2 Å². The van der Waals surface area contributed by atoms with Gasteiger partial charge in [-0.2, -0.15) is 0 Å². The molecular formula is C20H21N5O. The van der Waals surface area contributed by atoms with Crippen LogP contribution in [0.2, 0.25) is 0 Å². The summed E-state index contributed by atoms with van der Waals surface area (Å²) in [5, 5.41) is 4.08. The minimum absolute atomic E-state index is 0.116. The van der Waals surface area contributed by atoms with Crippen LogP contribution < -0.4 is 10.2 Å². The van der Waals surface area contributed by atoms with E-state index in [0.717, 1.165) is 53.8 Å². The second-order valence-corrected chi connectivity index (χ2v) is 6.53. The Balaban J connectivity index is 1.62. The van der Waals surface area contributed by atoms with Gasteiger partial charge in [-0.3, -0.25) is 9.78 Å². The standard InChI is InChI=1S/C20H21N5O/c1-2-19(26)24-15-6-4-8-25(13-15)16-9-17-18(12-23-20(17)22-11-16)14-5-3-7-21-10-14/h2-3,5,7,9-12,15H,1,4,6,8,13H2,(H,22,23)(H,24,26)/t15-/m0/s1. The summed E-state index contributed by atoms with van der Waals surface area (Å²) in [7, 11) is 0. The van der Waals surface area contributed by atoms with Crippen LogP contribution in [-0.2, 0) is 4.79 Å². The van der Waals surface area contributed by atoms with E-state index in [1.54, 1.807) is 6.20 Å². The Labute approximate surface area is 152 Å². The second kappa shape index (κ2) is 7.00. The highest BCUT2D eigenvalue weighted by Gasteiger charge is 2.22. The summed E-state index contributed by atoms with van der Waals surface area (Å²) < 4.78 is 0. The van der Waals surface area contributed by atoms with E-state index in [4.69, 9.17) is 0 Å². The van der Waals surface area contributed by atoms with Crippen molar-refractivity contribution in [3.63, 3.8) is 0 Å². The van der Waals surface area contributed by atoms with Gasteiger partial charge >= 0.3 is 0 Å². The fourth-order valence-corrected chi connectivity index (χ4v) is 3.52. The molecule has 0 spiro atoms. The summed E-state index contributed by atoms with van der Waals surface area (Å²) in [6.07, 6.45) is 10.8. The van der Waals surface area contributed by atoms with Crippen LogP contribution in [0, 0.1) is 0 Å². The maximum Gasteiger partial charge on any atom is 0.243 e. The maximum atomic E-state index is 11.6. The lowest BCUT2D eigenvalue weighted by molar-refractivity contribution is -0.117. The van der Waals surface area contributed by atoms with Crippen molar-refractivity contribution in [3.8, 4) is 11.1 Å². The Morgan fingerprint density at radius 2 is 2.35 bits per heavy atom. The van der Waals surface area contributed by atoms with E-state index >= 15 is 0 Å². The number of nitrogens with one attached hydrogen (secondary N) is 2. The highest BCUT2D eigenvalue weighted by Crippen LogP contribution is 2.30. The van der Waals surface area contributed by atoms with E-state index in [1.165, 1.54) is 6.08 Å². The van der Waals surface area contributed by atoms with E-state index < -0.39 is 0 Å². The van der Waals surface area contributed by atoms with Gasteiger partial charge in [0.2, 0.25) is 5.91 Å². The molecular weight excluding hydrogens is 326 g/mol. The van der Waals surface area contributed by atoms with E-state index in [0.29, 0.717) is 0 Å². The molecule has 3 aromatic rings. The van der Waals surface area contributed by atoms with Crippen LogP contribution in [-0.4, -0.2) is 40.0 Å². The molecule has 2 N–H and O–H groups in total. The normalized spacial score (nSPS) is 17.2. The van der Waals surface area contributed by atoms with Crippen molar-refractivity contribution in [3.05, 3.63) is 55.6 Å². The zero-order valence-corrected chi connectivity index (χ0v) is 14.5. The predicted molar refractivity (Wildman–Crippen MR) is 103 cm³/mol. The van der Waals surface area contributed by atoms with Gasteiger partial charge in [-0.05, 0) is 31.1 Å². The fourth-order valence-electron chi connectivity index (χ4n) is 3.52. The van der Waals surface area contributed by atoms with Gasteiger partial charge in [0.25, 0.3) is 0 Å². The molecule has 4 heterocycles. The van der Waals surface area contributed by atoms with Gasteiger partial charge in [0.1, 0.15) is 5.65 Å². The average Bonchev–Trinajstić information content (AvgIpc) is 3.12. The van der Waals surface area contributed by atoms with Gasteiger partial charge in [0.05, 0.1) is 11.9 Å². The highest BCUT2D eigenvalue weighted by molar-refractivity contribution is 5.95. The molecule has 0 bridgehead atoms. The van der Waals surface area contributed by atoms with Crippen molar-refractivity contribution in [2.24, 2.45) is 0 Å². The van der Waals surface area contributed by atoms with E-state index in [2.05, 4.69) is 37.8 Å². The third-order valence-corrected chi connectivity index (χ3v) is 4.81. The number of carbonyl (C=O) groups is 1. The number of amides is 1. The zero-order valence-electron chi connectivity index (χ0n) is 14.5. The molecule has 1 fully saturated rings. The summed E-state index contributed by atoms with van der Waals surface area (Å²) in [5.74, 6) is -0.116.